The molecule has 0 unspecified atom stereocenters. The SMILES string of the molecule is Cn1cc(CCc2ccnc([P+](C)(c3ccccc3)c3ccccc3)c2)nn1. The van der Waals surface area contributed by atoms with E-state index in [0.29, 0.717) is 0 Å². The molecule has 5 heteroatoms. The number of nitrogens with zero attached hydrogens (tertiary/aromatic N) is 4. The standard InChI is InChI=1S/C23H24N4P/c1-27-18-20(25-26-27)14-13-19-15-16-24-23(17-19)28(2,21-9-5-3-6-10-21)22-11-7-4-8-12-22/h3-12,15-18H,13-14H2,1-2H3/q+1. The van der Waals surface area contributed by atoms with E-state index in [1.165, 1.54) is 21.6 Å². The first-order valence-electron chi connectivity index (χ1n) is 9.45. The van der Waals surface area contributed by atoms with Crippen LogP contribution in [0.25, 0.3) is 0 Å². The highest BCUT2D eigenvalue weighted by Gasteiger charge is 2.41. The second kappa shape index (κ2) is 8.04. The van der Waals surface area contributed by atoms with Gasteiger partial charge in [-0.2, -0.15) is 0 Å². The Morgan fingerprint density at radius 2 is 1.50 bits per heavy atom. The summed E-state index contributed by atoms with van der Waals surface area (Å²) in [5.41, 5.74) is 3.47. The highest BCUT2D eigenvalue weighted by atomic mass is 31.2. The van der Waals surface area contributed by atoms with Crippen molar-refractivity contribution in [1.29, 1.82) is 0 Å². The number of hydrogen-bond acceptors (Lipinski definition) is 3. The summed E-state index contributed by atoms with van der Waals surface area (Å²) in [4.78, 5) is 4.84. The molecule has 0 aliphatic carbocycles. The minimum absolute atomic E-state index is 0.878. The average molecular weight is 387 g/mol. The predicted octanol–water partition coefficient (Wildman–Crippen LogP) is 2.92. The lowest BCUT2D eigenvalue weighted by Crippen LogP contribution is -2.32. The molecule has 0 atom stereocenters. The maximum absolute atomic E-state index is 4.84. The Bertz CT molecular complexity index is 1000. The van der Waals surface area contributed by atoms with Crippen LogP contribution < -0.4 is 16.0 Å². The fourth-order valence-corrected chi connectivity index (χ4v) is 6.59. The predicted molar refractivity (Wildman–Crippen MR) is 117 cm³/mol. The maximum atomic E-state index is 4.84. The van der Waals surface area contributed by atoms with Gasteiger partial charge < -0.3 is 0 Å². The summed E-state index contributed by atoms with van der Waals surface area (Å²) in [6, 6.07) is 25.9. The van der Waals surface area contributed by atoms with Crippen LogP contribution in [0.2, 0.25) is 0 Å². The van der Waals surface area contributed by atoms with Crippen LogP contribution in [0.5, 0.6) is 0 Å². The average Bonchev–Trinajstić information content (AvgIpc) is 3.18. The Morgan fingerprint density at radius 1 is 0.857 bits per heavy atom. The normalized spacial score (nSPS) is 11.5. The third-order valence-corrected chi connectivity index (χ3v) is 8.96. The van der Waals surface area contributed by atoms with Crippen LogP contribution in [0, 0.1) is 0 Å². The van der Waals surface area contributed by atoms with Crippen molar-refractivity contribution in [2.24, 2.45) is 7.05 Å². The van der Waals surface area contributed by atoms with Crippen molar-refractivity contribution in [2.45, 2.75) is 12.8 Å². The van der Waals surface area contributed by atoms with Crippen molar-refractivity contribution in [3.63, 3.8) is 0 Å². The first-order chi connectivity index (χ1) is 13.7. The van der Waals surface area contributed by atoms with Gasteiger partial charge in [-0.3, -0.25) is 4.68 Å². The van der Waals surface area contributed by atoms with Gasteiger partial charge in [0.25, 0.3) is 0 Å². The van der Waals surface area contributed by atoms with Crippen LogP contribution >= 0.6 is 7.26 Å². The van der Waals surface area contributed by atoms with E-state index in [9.17, 15) is 0 Å². The summed E-state index contributed by atoms with van der Waals surface area (Å²) in [7, 11) is 0.111. The van der Waals surface area contributed by atoms with Crippen molar-refractivity contribution in [3.05, 3.63) is 96.4 Å². The summed E-state index contributed by atoms with van der Waals surface area (Å²) < 4.78 is 1.75. The van der Waals surface area contributed by atoms with Gasteiger partial charge in [0.05, 0.1) is 12.4 Å². The zero-order valence-electron chi connectivity index (χ0n) is 16.2. The molecule has 0 saturated heterocycles. The number of hydrogen-bond donors (Lipinski definition) is 0. The molecule has 140 valence electrons. The first kappa shape index (κ1) is 18.5. The van der Waals surface area contributed by atoms with Crippen LogP contribution in [-0.2, 0) is 19.9 Å². The number of pyridine rings is 1. The monoisotopic (exact) mass is 387 g/mol. The maximum Gasteiger partial charge on any atom is 0.192 e. The summed E-state index contributed by atoms with van der Waals surface area (Å²) in [5.74, 6) is 0. The van der Waals surface area contributed by atoms with Crippen molar-refractivity contribution in [3.8, 4) is 0 Å². The molecule has 0 N–H and O–H groups in total. The zero-order chi connectivity index (χ0) is 19.4. The Morgan fingerprint density at radius 3 is 2.07 bits per heavy atom. The summed E-state index contributed by atoms with van der Waals surface area (Å²) in [6.07, 6.45) is 5.74. The van der Waals surface area contributed by atoms with Crippen molar-refractivity contribution >= 4 is 23.3 Å². The molecule has 0 aliphatic heterocycles. The quantitative estimate of drug-likeness (QED) is 0.478. The van der Waals surface area contributed by atoms with Crippen LogP contribution in [0.1, 0.15) is 11.3 Å². The van der Waals surface area contributed by atoms with Crippen LogP contribution in [0.3, 0.4) is 0 Å². The van der Waals surface area contributed by atoms with Crippen molar-refractivity contribution in [2.75, 3.05) is 6.66 Å². The van der Waals surface area contributed by atoms with E-state index in [0.717, 1.165) is 18.5 Å². The fraction of sp³-hybridized carbons (Fsp3) is 0.174. The molecule has 0 aliphatic rings. The number of benzene rings is 2. The topological polar surface area (TPSA) is 43.6 Å². The van der Waals surface area contributed by atoms with Gasteiger partial charge in [0.2, 0.25) is 0 Å². The van der Waals surface area contributed by atoms with E-state index in [2.05, 4.69) is 89.8 Å². The molecule has 0 spiro atoms. The Hall–Kier alpha value is -2.84. The van der Waals surface area contributed by atoms with E-state index >= 15 is 0 Å². The molecule has 0 fully saturated rings. The van der Waals surface area contributed by atoms with Crippen LogP contribution in [-0.4, -0.2) is 26.6 Å². The van der Waals surface area contributed by atoms with Gasteiger partial charge in [-0.05, 0) is 48.7 Å². The van der Waals surface area contributed by atoms with Crippen molar-refractivity contribution < 1.29 is 0 Å². The first-order valence-corrected chi connectivity index (χ1v) is 11.7. The van der Waals surface area contributed by atoms with Gasteiger partial charge in [0, 0.05) is 25.5 Å². The lowest BCUT2D eigenvalue weighted by Gasteiger charge is -2.22. The van der Waals surface area contributed by atoms with Crippen LogP contribution in [0.15, 0.2) is 85.2 Å². The molecule has 0 saturated carbocycles. The molecule has 28 heavy (non-hydrogen) atoms. The van der Waals surface area contributed by atoms with E-state index in [-0.39, 0.29) is 0 Å². The summed E-state index contributed by atoms with van der Waals surface area (Å²) in [5, 5.41) is 10.9. The van der Waals surface area contributed by atoms with Gasteiger partial charge in [-0.1, -0.05) is 41.6 Å². The third-order valence-electron chi connectivity index (χ3n) is 5.13. The second-order valence-electron chi connectivity index (χ2n) is 7.08. The lowest BCUT2D eigenvalue weighted by molar-refractivity contribution is 0.713. The molecule has 4 aromatic rings. The number of rotatable bonds is 6. The summed E-state index contributed by atoms with van der Waals surface area (Å²) >= 11 is 0. The number of aryl methyl sites for hydroxylation is 3. The van der Waals surface area contributed by atoms with E-state index < -0.39 is 7.26 Å². The molecule has 0 radical (unpaired) electrons. The lowest BCUT2D eigenvalue weighted by atomic mass is 10.1. The highest BCUT2D eigenvalue weighted by Crippen LogP contribution is 2.50. The molecule has 0 bridgehead atoms. The Kier molecular flexibility index (Phi) is 5.31. The molecule has 2 aromatic carbocycles. The van der Waals surface area contributed by atoms with Gasteiger partial charge in [-0.15, -0.1) is 5.10 Å². The summed E-state index contributed by atoms with van der Waals surface area (Å²) in [6.45, 7) is 2.37. The molecule has 0 amide bonds. The molecule has 4 nitrogen and oxygen atoms in total. The van der Waals surface area contributed by atoms with Crippen LogP contribution in [0.4, 0.5) is 0 Å². The van der Waals surface area contributed by atoms with E-state index in [4.69, 9.17) is 4.98 Å². The molecular weight excluding hydrogens is 363 g/mol. The highest BCUT2D eigenvalue weighted by molar-refractivity contribution is 7.95. The molecule has 2 aromatic heterocycles. The third kappa shape index (κ3) is 3.74. The van der Waals surface area contributed by atoms with E-state index in [1.54, 1.807) is 4.68 Å². The molecule has 2 heterocycles. The van der Waals surface area contributed by atoms with Gasteiger partial charge in [-0.25, -0.2) is 4.98 Å². The minimum Gasteiger partial charge on any atom is -0.255 e. The Balaban J connectivity index is 1.71. The Labute approximate surface area is 166 Å². The van der Waals surface area contributed by atoms with Gasteiger partial charge >= 0.3 is 0 Å². The zero-order valence-corrected chi connectivity index (χ0v) is 17.1. The van der Waals surface area contributed by atoms with Gasteiger partial charge in [0.1, 0.15) is 17.9 Å². The second-order valence-corrected chi connectivity index (χ2v) is 10.6. The van der Waals surface area contributed by atoms with Crippen molar-refractivity contribution in [1.82, 2.24) is 20.0 Å². The molecule has 4 rings (SSSR count). The largest absolute Gasteiger partial charge is 0.255 e. The molecular formula is C23H24N4P+. The fourth-order valence-electron chi connectivity index (χ4n) is 3.51. The van der Waals surface area contributed by atoms with Gasteiger partial charge in [0.15, 0.2) is 5.44 Å². The minimum atomic E-state index is -1.79. The smallest absolute Gasteiger partial charge is 0.192 e. The number of aromatic nitrogens is 4. The van der Waals surface area contributed by atoms with E-state index in [1.807, 2.05) is 19.4 Å².